The Kier molecular flexibility index (Phi) is 5.37. The molecule has 2 N–H and O–H groups in total. The van der Waals surface area contributed by atoms with Gasteiger partial charge in [0.25, 0.3) is 5.91 Å². The largest absolute Gasteiger partial charge is 0.486 e. The fourth-order valence-electron chi connectivity index (χ4n) is 4.19. The number of carbonyl (C=O) groups is 3. The summed E-state index contributed by atoms with van der Waals surface area (Å²) in [5.41, 5.74) is 2.77. The lowest BCUT2D eigenvalue weighted by molar-refractivity contribution is -0.136. The summed E-state index contributed by atoms with van der Waals surface area (Å²) in [6.07, 6.45) is 2.20. The number of para-hydroxylation sites is 1. The Labute approximate surface area is 190 Å². The van der Waals surface area contributed by atoms with Gasteiger partial charge in [-0.15, -0.1) is 0 Å². The standard InChI is InChI=1S/C24H24N4O5/c1-27(13-15-6-7-20-21(10-15)33-9-8-32-20)22(29)14-28-23(30)19(26-24(28)31)11-16-12-25-18-5-3-2-4-17(16)18/h2-7,10,12,19,25H,8-9,11,13-14H2,1H3,(H,26,31)/t19-/m0/s1. The predicted octanol–water partition coefficient (Wildman–Crippen LogP) is 2.06. The van der Waals surface area contributed by atoms with Crippen molar-refractivity contribution in [2.24, 2.45) is 0 Å². The third-order valence-corrected chi connectivity index (χ3v) is 5.95. The fraction of sp³-hybridized carbons (Fsp3) is 0.292. The molecule has 0 bridgehead atoms. The molecule has 0 aliphatic carbocycles. The van der Waals surface area contributed by atoms with Crippen molar-refractivity contribution in [2.45, 2.75) is 19.0 Å². The number of H-pyrrole nitrogens is 1. The van der Waals surface area contributed by atoms with E-state index in [0.29, 0.717) is 37.7 Å². The van der Waals surface area contributed by atoms with Gasteiger partial charge in [0.05, 0.1) is 0 Å². The van der Waals surface area contributed by atoms with E-state index in [4.69, 9.17) is 9.47 Å². The van der Waals surface area contributed by atoms with Gasteiger partial charge in [0.2, 0.25) is 5.91 Å². The predicted molar refractivity (Wildman–Crippen MR) is 120 cm³/mol. The molecule has 0 radical (unpaired) electrons. The molecule has 33 heavy (non-hydrogen) atoms. The molecule has 0 spiro atoms. The molecule has 1 atom stereocenters. The van der Waals surface area contributed by atoms with Crippen molar-refractivity contribution in [3.05, 3.63) is 59.8 Å². The number of likely N-dealkylation sites (N-methyl/N-ethyl adjacent to an activating group) is 1. The van der Waals surface area contributed by atoms with Gasteiger partial charge in [-0.1, -0.05) is 24.3 Å². The zero-order valence-electron chi connectivity index (χ0n) is 18.2. The molecular formula is C24H24N4O5. The molecule has 5 rings (SSSR count). The summed E-state index contributed by atoms with van der Waals surface area (Å²) in [5.74, 6) is 0.598. The van der Waals surface area contributed by atoms with Crippen molar-refractivity contribution in [2.75, 3.05) is 26.8 Å². The van der Waals surface area contributed by atoms with E-state index in [1.54, 1.807) is 7.05 Å². The first-order valence-electron chi connectivity index (χ1n) is 10.8. The highest BCUT2D eigenvalue weighted by Crippen LogP contribution is 2.31. The van der Waals surface area contributed by atoms with Crippen LogP contribution in [-0.4, -0.2) is 65.5 Å². The fourth-order valence-corrected chi connectivity index (χ4v) is 4.19. The van der Waals surface area contributed by atoms with Crippen LogP contribution in [0.2, 0.25) is 0 Å². The van der Waals surface area contributed by atoms with E-state index in [2.05, 4.69) is 10.3 Å². The van der Waals surface area contributed by atoms with Crippen molar-refractivity contribution in [3.8, 4) is 11.5 Å². The minimum atomic E-state index is -0.701. The number of aromatic amines is 1. The van der Waals surface area contributed by atoms with Crippen LogP contribution in [0.3, 0.4) is 0 Å². The molecule has 1 aromatic heterocycles. The number of urea groups is 1. The molecule has 170 valence electrons. The van der Waals surface area contributed by atoms with E-state index < -0.39 is 18.0 Å². The van der Waals surface area contributed by atoms with E-state index in [9.17, 15) is 14.4 Å². The van der Waals surface area contributed by atoms with Crippen molar-refractivity contribution in [1.29, 1.82) is 0 Å². The molecule has 0 saturated carbocycles. The third kappa shape index (κ3) is 4.09. The summed E-state index contributed by atoms with van der Waals surface area (Å²) in [6, 6.07) is 12.0. The summed E-state index contributed by atoms with van der Waals surface area (Å²) in [4.78, 5) is 43.8. The highest BCUT2D eigenvalue weighted by molar-refractivity contribution is 6.06. The van der Waals surface area contributed by atoms with Gasteiger partial charge in [0, 0.05) is 37.1 Å². The monoisotopic (exact) mass is 448 g/mol. The van der Waals surface area contributed by atoms with E-state index in [-0.39, 0.29) is 12.5 Å². The van der Waals surface area contributed by atoms with Gasteiger partial charge in [-0.25, -0.2) is 4.79 Å². The minimum Gasteiger partial charge on any atom is -0.486 e. The molecule has 2 aliphatic heterocycles. The molecule has 3 aromatic rings. The SMILES string of the molecule is CN(Cc1ccc2c(c1)OCCO2)C(=O)CN1C(=O)N[C@@H](Cc2c[nH]c3ccccc23)C1=O. The van der Waals surface area contributed by atoms with Gasteiger partial charge in [0.15, 0.2) is 11.5 Å². The number of fused-ring (bicyclic) bond motifs is 2. The number of hydrogen-bond donors (Lipinski definition) is 2. The first kappa shape index (κ1) is 20.9. The van der Waals surface area contributed by atoms with Crippen LogP contribution in [-0.2, 0) is 22.6 Å². The van der Waals surface area contributed by atoms with Crippen molar-refractivity contribution in [1.82, 2.24) is 20.1 Å². The smallest absolute Gasteiger partial charge is 0.325 e. The zero-order valence-corrected chi connectivity index (χ0v) is 18.2. The van der Waals surface area contributed by atoms with Crippen LogP contribution in [0.25, 0.3) is 10.9 Å². The average molecular weight is 448 g/mol. The lowest BCUT2D eigenvalue weighted by atomic mass is 10.1. The zero-order chi connectivity index (χ0) is 22.9. The van der Waals surface area contributed by atoms with Gasteiger partial charge in [-0.05, 0) is 29.3 Å². The Morgan fingerprint density at radius 2 is 1.91 bits per heavy atom. The summed E-state index contributed by atoms with van der Waals surface area (Å²) in [6.45, 7) is 1.00. The van der Waals surface area contributed by atoms with E-state index >= 15 is 0 Å². The third-order valence-electron chi connectivity index (χ3n) is 5.95. The van der Waals surface area contributed by atoms with E-state index in [0.717, 1.165) is 26.9 Å². The maximum absolute atomic E-state index is 12.9. The first-order chi connectivity index (χ1) is 16.0. The Hall–Kier alpha value is -4.01. The van der Waals surface area contributed by atoms with Crippen LogP contribution in [0.4, 0.5) is 4.79 Å². The molecule has 0 unspecified atom stereocenters. The average Bonchev–Trinajstić information content (AvgIpc) is 3.35. The number of amides is 4. The number of rotatable bonds is 6. The van der Waals surface area contributed by atoms with Crippen LogP contribution in [0, 0.1) is 0 Å². The lowest BCUT2D eigenvalue weighted by Gasteiger charge is -2.22. The molecule has 9 nitrogen and oxygen atoms in total. The molecule has 1 fully saturated rings. The van der Waals surface area contributed by atoms with Crippen molar-refractivity contribution < 1.29 is 23.9 Å². The van der Waals surface area contributed by atoms with Crippen molar-refractivity contribution >= 4 is 28.7 Å². The van der Waals surface area contributed by atoms with Gasteiger partial charge < -0.3 is 24.7 Å². The van der Waals surface area contributed by atoms with E-state index in [1.807, 2.05) is 48.7 Å². The summed E-state index contributed by atoms with van der Waals surface area (Å²) >= 11 is 0. The summed E-state index contributed by atoms with van der Waals surface area (Å²) < 4.78 is 11.1. The number of ether oxygens (including phenoxy) is 2. The summed E-state index contributed by atoms with van der Waals surface area (Å²) in [5, 5.41) is 3.71. The number of benzene rings is 2. The number of nitrogens with one attached hydrogen (secondary N) is 2. The van der Waals surface area contributed by atoms with Gasteiger partial charge >= 0.3 is 6.03 Å². The van der Waals surface area contributed by atoms with Crippen LogP contribution in [0.15, 0.2) is 48.7 Å². The Morgan fingerprint density at radius 1 is 1.12 bits per heavy atom. The summed E-state index contributed by atoms with van der Waals surface area (Å²) in [7, 11) is 1.64. The topological polar surface area (TPSA) is 104 Å². The Balaban J connectivity index is 1.22. The maximum Gasteiger partial charge on any atom is 0.325 e. The molecule has 3 heterocycles. The second kappa shape index (κ2) is 8.50. The lowest BCUT2D eigenvalue weighted by Crippen LogP contribution is -2.41. The van der Waals surface area contributed by atoms with Crippen LogP contribution in [0.1, 0.15) is 11.1 Å². The molecule has 2 aromatic carbocycles. The molecular weight excluding hydrogens is 424 g/mol. The Morgan fingerprint density at radius 3 is 2.76 bits per heavy atom. The number of imide groups is 1. The molecule has 1 saturated heterocycles. The van der Waals surface area contributed by atoms with Crippen molar-refractivity contribution in [3.63, 3.8) is 0 Å². The number of carbonyl (C=O) groups excluding carboxylic acids is 3. The molecule has 4 amide bonds. The highest BCUT2D eigenvalue weighted by Gasteiger charge is 2.39. The van der Waals surface area contributed by atoms with Gasteiger partial charge in [-0.2, -0.15) is 0 Å². The van der Waals surface area contributed by atoms with Gasteiger partial charge in [-0.3, -0.25) is 14.5 Å². The van der Waals surface area contributed by atoms with E-state index in [1.165, 1.54) is 4.90 Å². The molecule has 9 heteroatoms. The van der Waals surface area contributed by atoms with Crippen LogP contribution in [0.5, 0.6) is 11.5 Å². The number of hydrogen-bond acceptors (Lipinski definition) is 5. The second-order valence-electron chi connectivity index (χ2n) is 8.22. The number of nitrogens with zero attached hydrogens (tertiary/aromatic N) is 2. The highest BCUT2D eigenvalue weighted by atomic mass is 16.6. The minimum absolute atomic E-state index is 0.309. The van der Waals surface area contributed by atoms with Crippen LogP contribution < -0.4 is 14.8 Å². The second-order valence-corrected chi connectivity index (χ2v) is 8.22. The normalized spacial score (nSPS) is 17.4. The Bertz CT molecular complexity index is 1240. The first-order valence-corrected chi connectivity index (χ1v) is 10.8. The van der Waals surface area contributed by atoms with Gasteiger partial charge in [0.1, 0.15) is 25.8 Å². The number of aromatic nitrogens is 1. The van der Waals surface area contributed by atoms with Crippen LogP contribution >= 0.6 is 0 Å². The quantitative estimate of drug-likeness (QED) is 0.562. The maximum atomic E-state index is 12.9. The molecule has 2 aliphatic rings.